The molecule has 1 N–H and O–H groups in total. The van der Waals surface area contributed by atoms with E-state index < -0.39 is 0 Å². The number of benzene rings is 1. The highest BCUT2D eigenvalue weighted by Crippen LogP contribution is 2.17. The lowest BCUT2D eigenvalue weighted by molar-refractivity contribution is 0.623. The van der Waals surface area contributed by atoms with Crippen molar-refractivity contribution < 1.29 is 4.39 Å². The fourth-order valence-electron chi connectivity index (χ4n) is 0.869. The van der Waals surface area contributed by atoms with E-state index in [4.69, 9.17) is 0 Å². The van der Waals surface area contributed by atoms with Gasteiger partial charge < -0.3 is 5.32 Å². The van der Waals surface area contributed by atoms with Crippen LogP contribution in [0.3, 0.4) is 0 Å². The minimum atomic E-state index is -0.196. The minimum Gasteiger partial charge on any atom is -0.316 e. The summed E-state index contributed by atoms with van der Waals surface area (Å²) in [5, 5.41) is 2.96. The molecule has 0 aliphatic rings. The monoisotopic (exact) mass is 253 g/mol. The Labute approximate surface area is 85.9 Å². The summed E-state index contributed by atoms with van der Waals surface area (Å²) in [6.07, 6.45) is 0. The van der Waals surface area contributed by atoms with Gasteiger partial charge in [0.05, 0.1) is 0 Å². The molecule has 0 aromatic heterocycles. The van der Waals surface area contributed by atoms with Crippen molar-refractivity contribution in [1.29, 1.82) is 0 Å². The lowest BCUT2D eigenvalue weighted by Crippen LogP contribution is -2.05. The summed E-state index contributed by atoms with van der Waals surface area (Å²) in [7, 11) is 1.83. The van der Waals surface area contributed by atoms with Gasteiger partial charge in [0.25, 0.3) is 0 Å². The summed E-state index contributed by atoms with van der Waals surface area (Å²) >= 11 is 3.32. The van der Waals surface area contributed by atoms with Gasteiger partial charge in [0.2, 0.25) is 0 Å². The second kappa shape index (κ2) is 5.51. The largest absolute Gasteiger partial charge is 0.316 e. The molecule has 0 unspecified atom stereocenters. The predicted octanol–water partition coefficient (Wildman–Crippen LogP) is 2.73. The van der Waals surface area contributed by atoms with Gasteiger partial charge in [0.1, 0.15) is 5.82 Å². The third kappa shape index (κ3) is 3.09. The second-order valence-electron chi connectivity index (χ2n) is 2.27. The fourth-order valence-corrected chi connectivity index (χ4v) is 1.26. The van der Waals surface area contributed by atoms with Crippen LogP contribution in [0.4, 0.5) is 4.39 Å². The fraction of sp³-hybridized carbons (Fsp3) is 0.250. The van der Waals surface area contributed by atoms with E-state index in [1.165, 1.54) is 12.1 Å². The van der Waals surface area contributed by atoms with Crippen LogP contribution in [0.15, 0.2) is 22.7 Å². The van der Waals surface area contributed by atoms with E-state index in [-0.39, 0.29) is 18.2 Å². The first-order valence-electron chi connectivity index (χ1n) is 3.32. The van der Waals surface area contributed by atoms with Crippen LogP contribution in [0.25, 0.3) is 0 Å². The maximum absolute atomic E-state index is 12.6. The summed E-state index contributed by atoms with van der Waals surface area (Å²) in [5.74, 6) is -0.196. The zero-order chi connectivity index (χ0) is 8.27. The van der Waals surface area contributed by atoms with Crippen molar-refractivity contribution in [1.82, 2.24) is 5.32 Å². The molecule has 1 rings (SSSR count). The molecule has 0 fully saturated rings. The molecule has 68 valence electrons. The lowest BCUT2D eigenvalue weighted by atomic mass is 10.2. The molecule has 1 aromatic carbocycles. The SMILES string of the molecule is CNCc1cc(F)ccc1Br.Cl. The van der Waals surface area contributed by atoms with Gasteiger partial charge in [-0.3, -0.25) is 0 Å². The van der Waals surface area contributed by atoms with E-state index >= 15 is 0 Å². The normalized spacial score (nSPS) is 9.25. The van der Waals surface area contributed by atoms with Crippen LogP contribution in [-0.4, -0.2) is 7.05 Å². The first-order valence-corrected chi connectivity index (χ1v) is 4.12. The number of hydrogen-bond donors (Lipinski definition) is 1. The Bertz CT molecular complexity index is 255. The molecule has 0 heterocycles. The van der Waals surface area contributed by atoms with E-state index in [0.717, 1.165) is 10.0 Å². The molecule has 0 atom stereocenters. The number of hydrogen-bond acceptors (Lipinski definition) is 1. The van der Waals surface area contributed by atoms with E-state index in [0.29, 0.717) is 6.54 Å². The number of rotatable bonds is 2. The second-order valence-corrected chi connectivity index (χ2v) is 3.12. The van der Waals surface area contributed by atoms with Crippen LogP contribution in [0, 0.1) is 5.82 Å². The molecule has 12 heavy (non-hydrogen) atoms. The van der Waals surface area contributed by atoms with E-state index in [1.54, 1.807) is 6.07 Å². The predicted molar refractivity (Wildman–Crippen MR) is 54.1 cm³/mol. The van der Waals surface area contributed by atoms with Crippen LogP contribution in [0.2, 0.25) is 0 Å². The molecule has 0 aliphatic heterocycles. The highest BCUT2D eigenvalue weighted by molar-refractivity contribution is 9.10. The molecule has 0 bridgehead atoms. The molecule has 0 amide bonds. The molecule has 1 aromatic rings. The number of nitrogens with one attached hydrogen (secondary N) is 1. The third-order valence-corrected chi connectivity index (χ3v) is 2.15. The zero-order valence-corrected chi connectivity index (χ0v) is 9.01. The van der Waals surface area contributed by atoms with Gasteiger partial charge >= 0.3 is 0 Å². The third-order valence-electron chi connectivity index (χ3n) is 1.37. The Hall–Kier alpha value is -0.120. The first-order chi connectivity index (χ1) is 5.24. The van der Waals surface area contributed by atoms with Gasteiger partial charge in [-0.15, -0.1) is 12.4 Å². The Morgan fingerprint density at radius 3 is 2.75 bits per heavy atom. The minimum absolute atomic E-state index is 0. The average Bonchev–Trinajstić information content (AvgIpc) is 1.98. The molecule has 0 saturated heterocycles. The Balaban J connectivity index is 0.00000121. The summed E-state index contributed by atoms with van der Waals surface area (Å²) in [6.45, 7) is 0.679. The van der Waals surface area contributed by atoms with Gasteiger partial charge in [0, 0.05) is 11.0 Å². The van der Waals surface area contributed by atoms with Crippen LogP contribution < -0.4 is 5.32 Å². The Kier molecular flexibility index (Phi) is 5.46. The molecular weight excluding hydrogens is 244 g/mol. The quantitative estimate of drug-likeness (QED) is 0.856. The number of halogens is 3. The highest BCUT2D eigenvalue weighted by atomic mass is 79.9. The molecular formula is C8H10BrClFN. The van der Waals surface area contributed by atoms with Gasteiger partial charge in [-0.05, 0) is 30.8 Å². The first kappa shape index (κ1) is 11.9. The standard InChI is InChI=1S/C8H9BrFN.ClH/c1-11-5-6-4-7(10)2-3-8(6)9;/h2-4,11H,5H2,1H3;1H. The average molecular weight is 255 g/mol. The Morgan fingerprint density at radius 2 is 2.17 bits per heavy atom. The van der Waals surface area contributed by atoms with Gasteiger partial charge in [-0.1, -0.05) is 15.9 Å². The molecule has 0 aliphatic carbocycles. The van der Waals surface area contributed by atoms with E-state index in [2.05, 4.69) is 21.2 Å². The van der Waals surface area contributed by atoms with Gasteiger partial charge in [-0.2, -0.15) is 0 Å². The summed E-state index contributed by atoms with van der Waals surface area (Å²) < 4.78 is 13.6. The van der Waals surface area contributed by atoms with Crippen LogP contribution in [-0.2, 0) is 6.54 Å². The van der Waals surface area contributed by atoms with Crippen molar-refractivity contribution in [3.05, 3.63) is 34.1 Å². The molecule has 0 saturated carbocycles. The summed E-state index contributed by atoms with van der Waals surface area (Å²) in [5.41, 5.74) is 0.938. The smallest absolute Gasteiger partial charge is 0.123 e. The van der Waals surface area contributed by atoms with Crippen LogP contribution >= 0.6 is 28.3 Å². The van der Waals surface area contributed by atoms with E-state index in [1.807, 2.05) is 7.05 Å². The van der Waals surface area contributed by atoms with Gasteiger partial charge in [-0.25, -0.2) is 4.39 Å². The van der Waals surface area contributed by atoms with Gasteiger partial charge in [0.15, 0.2) is 0 Å². The summed E-state index contributed by atoms with van der Waals surface area (Å²) in [4.78, 5) is 0. The van der Waals surface area contributed by atoms with Crippen molar-refractivity contribution in [3.63, 3.8) is 0 Å². The molecule has 0 spiro atoms. The van der Waals surface area contributed by atoms with Crippen molar-refractivity contribution in [3.8, 4) is 0 Å². The van der Waals surface area contributed by atoms with Crippen LogP contribution in [0.5, 0.6) is 0 Å². The molecule has 1 nitrogen and oxygen atoms in total. The van der Waals surface area contributed by atoms with Crippen molar-refractivity contribution in [2.24, 2.45) is 0 Å². The maximum Gasteiger partial charge on any atom is 0.123 e. The Morgan fingerprint density at radius 1 is 1.50 bits per heavy atom. The molecule has 4 heteroatoms. The summed E-state index contributed by atoms with van der Waals surface area (Å²) in [6, 6.07) is 4.66. The van der Waals surface area contributed by atoms with Crippen molar-refractivity contribution in [2.45, 2.75) is 6.54 Å². The topological polar surface area (TPSA) is 12.0 Å². The van der Waals surface area contributed by atoms with Crippen LogP contribution in [0.1, 0.15) is 5.56 Å². The maximum atomic E-state index is 12.6. The van der Waals surface area contributed by atoms with Crippen molar-refractivity contribution in [2.75, 3.05) is 7.05 Å². The zero-order valence-electron chi connectivity index (χ0n) is 6.60. The highest BCUT2D eigenvalue weighted by Gasteiger charge is 1.98. The van der Waals surface area contributed by atoms with Crippen molar-refractivity contribution >= 4 is 28.3 Å². The lowest BCUT2D eigenvalue weighted by Gasteiger charge is -2.02. The molecule has 0 radical (unpaired) electrons. The van der Waals surface area contributed by atoms with E-state index in [9.17, 15) is 4.39 Å².